The van der Waals surface area contributed by atoms with Crippen molar-refractivity contribution in [1.29, 1.82) is 0 Å². The van der Waals surface area contributed by atoms with Gasteiger partial charge in [-0.15, -0.1) is 4.39 Å². The monoisotopic (exact) mass is 294 g/mol. The normalized spacial score (nSPS) is 11.8. The molecule has 0 N–H and O–H groups in total. The molecule has 0 saturated carbocycles. The smallest absolute Gasteiger partial charge is 0.420 e. The molecule has 0 aliphatic heterocycles. The van der Waals surface area contributed by atoms with Crippen LogP contribution in [-0.2, 0) is 4.74 Å². The molecule has 0 aliphatic carbocycles. The fourth-order valence-corrected chi connectivity index (χ4v) is 1.98. The van der Waals surface area contributed by atoms with Gasteiger partial charge in [-0.2, -0.15) is 0 Å². The highest BCUT2D eigenvalue weighted by Crippen LogP contribution is 2.17. The second kappa shape index (κ2) is 9.89. The van der Waals surface area contributed by atoms with Crippen LogP contribution in [0.1, 0.15) is 39.5 Å². The molecule has 1 atom stereocenters. The minimum absolute atomic E-state index is 0.350. The molecule has 0 aromatic carbocycles. The number of unbranched alkanes of at least 4 members (excludes halogenated alkanes) is 1. The van der Waals surface area contributed by atoms with Gasteiger partial charge in [0.05, 0.1) is 18.7 Å². The first-order valence-electron chi connectivity index (χ1n) is 6.44. The van der Waals surface area contributed by atoms with Crippen LogP contribution >= 0.6 is 12.1 Å². The minimum Gasteiger partial charge on any atom is -0.448 e. The fourth-order valence-electron chi connectivity index (χ4n) is 1.43. The van der Waals surface area contributed by atoms with Gasteiger partial charge in [0.25, 0.3) is 0 Å². The average Bonchev–Trinajstić information content (AvgIpc) is 2.38. The lowest BCUT2D eigenvalue weighted by atomic mass is 10.0. The van der Waals surface area contributed by atoms with E-state index < -0.39 is 12.3 Å². The van der Waals surface area contributed by atoms with Crippen molar-refractivity contribution in [3.8, 4) is 0 Å². The molecule has 0 bridgehead atoms. The van der Waals surface area contributed by atoms with E-state index in [9.17, 15) is 14.0 Å². The molecule has 1 unspecified atom stereocenters. The van der Waals surface area contributed by atoms with E-state index in [4.69, 9.17) is 4.74 Å². The first-order valence-corrected chi connectivity index (χ1v) is 7.17. The molecule has 0 rings (SSSR count). The lowest BCUT2D eigenvalue weighted by Gasteiger charge is -2.21. The third-order valence-electron chi connectivity index (χ3n) is 2.74. The third kappa shape index (κ3) is 7.92. The van der Waals surface area contributed by atoms with Gasteiger partial charge in [0.15, 0.2) is 0 Å². The summed E-state index contributed by atoms with van der Waals surface area (Å²) in [5.41, 5.74) is 0. The molecule has 5 nitrogen and oxygen atoms in total. The van der Waals surface area contributed by atoms with E-state index in [1.165, 1.54) is 14.1 Å². The summed E-state index contributed by atoms with van der Waals surface area (Å²) >= 11 is 0.660. The minimum atomic E-state index is -1.61. The summed E-state index contributed by atoms with van der Waals surface area (Å²) in [4.78, 5) is 22.0. The van der Waals surface area contributed by atoms with Gasteiger partial charge < -0.3 is 4.74 Å². The van der Waals surface area contributed by atoms with Crippen molar-refractivity contribution >= 4 is 24.4 Å². The van der Waals surface area contributed by atoms with E-state index in [1.807, 2.05) is 0 Å². The van der Waals surface area contributed by atoms with Crippen molar-refractivity contribution < 1.29 is 18.7 Å². The van der Waals surface area contributed by atoms with E-state index in [0.29, 0.717) is 24.7 Å². The zero-order chi connectivity index (χ0) is 14.8. The number of hydrogen-bond acceptors (Lipinski definition) is 4. The van der Waals surface area contributed by atoms with Crippen LogP contribution in [-0.4, -0.2) is 41.6 Å². The van der Waals surface area contributed by atoms with Crippen LogP contribution in [0.25, 0.3) is 0 Å². The van der Waals surface area contributed by atoms with E-state index in [0.717, 1.165) is 34.3 Å². The summed E-state index contributed by atoms with van der Waals surface area (Å²) < 4.78 is 19.3. The average molecular weight is 294 g/mol. The molecule has 112 valence electrons. The van der Waals surface area contributed by atoms with Crippen molar-refractivity contribution in [2.24, 2.45) is 5.92 Å². The van der Waals surface area contributed by atoms with Gasteiger partial charge in [0.1, 0.15) is 0 Å². The SMILES string of the molecule is CCCCC(CC)COC(=O)N(C)SN(C)C(=O)F. The maximum Gasteiger partial charge on any atom is 0.420 e. The summed E-state index contributed by atoms with van der Waals surface area (Å²) in [6.45, 7) is 4.53. The van der Waals surface area contributed by atoms with E-state index in [1.54, 1.807) is 0 Å². The Balaban J connectivity index is 4.04. The molecule has 7 heteroatoms. The Labute approximate surface area is 118 Å². The maximum absolute atomic E-state index is 12.3. The predicted molar refractivity (Wildman–Crippen MR) is 74.3 cm³/mol. The first kappa shape index (κ1) is 18.0. The topological polar surface area (TPSA) is 49.9 Å². The Hall–Kier alpha value is -0.980. The number of rotatable bonds is 8. The zero-order valence-electron chi connectivity index (χ0n) is 12.0. The molecule has 0 saturated heterocycles. The van der Waals surface area contributed by atoms with Gasteiger partial charge in [0, 0.05) is 14.1 Å². The molecule has 0 aromatic rings. The van der Waals surface area contributed by atoms with Crippen molar-refractivity contribution in [2.75, 3.05) is 20.7 Å². The highest BCUT2D eigenvalue weighted by atomic mass is 32.2. The fraction of sp³-hybridized carbons (Fsp3) is 0.833. The molecular weight excluding hydrogens is 271 g/mol. The van der Waals surface area contributed by atoms with Crippen LogP contribution in [0.5, 0.6) is 0 Å². The number of amides is 2. The molecule has 0 aromatic heterocycles. The van der Waals surface area contributed by atoms with Gasteiger partial charge in [-0.3, -0.25) is 0 Å². The van der Waals surface area contributed by atoms with Gasteiger partial charge in [-0.05, 0) is 12.3 Å². The highest BCUT2D eigenvalue weighted by molar-refractivity contribution is 7.95. The molecule has 19 heavy (non-hydrogen) atoms. The molecule has 0 heterocycles. The number of carbonyl (C=O) groups excluding carboxylic acids is 2. The van der Waals surface area contributed by atoms with Crippen LogP contribution in [0.15, 0.2) is 0 Å². The predicted octanol–water partition coefficient (Wildman–Crippen LogP) is 3.86. The maximum atomic E-state index is 12.3. The summed E-state index contributed by atoms with van der Waals surface area (Å²) in [6, 6.07) is 0. The van der Waals surface area contributed by atoms with Crippen molar-refractivity contribution in [2.45, 2.75) is 39.5 Å². The first-order chi connectivity index (χ1) is 8.92. The Morgan fingerprint density at radius 1 is 1.26 bits per heavy atom. The van der Waals surface area contributed by atoms with E-state index >= 15 is 0 Å². The molecule has 0 spiro atoms. The van der Waals surface area contributed by atoms with Gasteiger partial charge >= 0.3 is 12.3 Å². The van der Waals surface area contributed by atoms with Crippen LogP contribution in [0, 0.1) is 5.92 Å². The van der Waals surface area contributed by atoms with Gasteiger partial charge in [-0.1, -0.05) is 33.1 Å². The van der Waals surface area contributed by atoms with Crippen molar-refractivity contribution in [1.82, 2.24) is 8.61 Å². The van der Waals surface area contributed by atoms with E-state index in [2.05, 4.69) is 13.8 Å². The molecule has 2 amide bonds. The van der Waals surface area contributed by atoms with Gasteiger partial charge in [-0.25, -0.2) is 18.2 Å². The quantitative estimate of drug-likeness (QED) is 0.387. The zero-order valence-corrected chi connectivity index (χ0v) is 12.8. The summed E-state index contributed by atoms with van der Waals surface area (Å²) in [5.74, 6) is 0.350. The second-order valence-electron chi connectivity index (χ2n) is 4.32. The molecule has 0 radical (unpaired) electrons. The molecule has 0 aliphatic rings. The number of halogens is 1. The number of carbonyl (C=O) groups is 2. The largest absolute Gasteiger partial charge is 0.448 e. The standard InChI is InChI=1S/C12H23FN2O3S/c1-5-7-8-10(6-2)9-18-12(17)15(4)19-14(3)11(13)16/h10H,5-9H2,1-4H3. The Kier molecular flexibility index (Phi) is 9.38. The van der Waals surface area contributed by atoms with Crippen LogP contribution in [0.2, 0.25) is 0 Å². The lowest BCUT2D eigenvalue weighted by molar-refractivity contribution is 0.110. The van der Waals surface area contributed by atoms with Crippen molar-refractivity contribution in [3.05, 3.63) is 0 Å². The highest BCUT2D eigenvalue weighted by Gasteiger charge is 2.18. The van der Waals surface area contributed by atoms with E-state index in [-0.39, 0.29) is 0 Å². The van der Waals surface area contributed by atoms with Crippen LogP contribution in [0.4, 0.5) is 14.0 Å². The Morgan fingerprint density at radius 3 is 2.37 bits per heavy atom. The second-order valence-corrected chi connectivity index (χ2v) is 5.58. The summed E-state index contributed by atoms with van der Waals surface area (Å²) in [6.07, 6.45) is 2.02. The van der Waals surface area contributed by atoms with Crippen LogP contribution in [0.3, 0.4) is 0 Å². The summed E-state index contributed by atoms with van der Waals surface area (Å²) in [5, 5.41) is 0. The number of hydrogen-bond donors (Lipinski definition) is 0. The van der Waals surface area contributed by atoms with Crippen LogP contribution < -0.4 is 0 Å². The molecule has 0 fully saturated rings. The van der Waals surface area contributed by atoms with Crippen molar-refractivity contribution in [3.63, 3.8) is 0 Å². The van der Waals surface area contributed by atoms with Gasteiger partial charge in [0.2, 0.25) is 0 Å². The summed E-state index contributed by atoms with van der Waals surface area (Å²) in [7, 11) is 2.67. The Morgan fingerprint density at radius 2 is 1.89 bits per heavy atom. The molecular formula is C12H23FN2O3S. The third-order valence-corrected chi connectivity index (χ3v) is 3.52. The lowest BCUT2D eigenvalue weighted by Crippen LogP contribution is -2.28. The number of nitrogens with zero attached hydrogens (tertiary/aromatic N) is 2. The number of ether oxygens (including phenoxy) is 1. The Bertz CT molecular complexity index is 292.